The van der Waals surface area contributed by atoms with Crippen molar-refractivity contribution in [3.63, 3.8) is 0 Å². The third-order valence-electron chi connectivity index (χ3n) is 30.1. The van der Waals surface area contributed by atoms with Gasteiger partial charge in [-0.25, -0.2) is 0 Å². The summed E-state index contributed by atoms with van der Waals surface area (Å²) in [7, 11) is 0. The van der Waals surface area contributed by atoms with Crippen molar-refractivity contribution in [3.05, 3.63) is 165 Å². The van der Waals surface area contributed by atoms with Crippen molar-refractivity contribution in [1.82, 2.24) is 0 Å². The average Bonchev–Trinajstić information content (AvgIpc) is 0.713. The molecule has 100 heavy (non-hydrogen) atoms. The summed E-state index contributed by atoms with van der Waals surface area (Å²) >= 11 is 0. The van der Waals surface area contributed by atoms with Gasteiger partial charge < -0.3 is 9.80 Å². The normalized spacial score (nSPS) is 13.3. The average molecular weight is 1350 g/mol. The summed E-state index contributed by atoms with van der Waals surface area (Å²) in [6, 6.07) is 50.3. The van der Waals surface area contributed by atoms with E-state index in [4.69, 9.17) is 0 Å². The molecule has 7 rings (SSSR count). The van der Waals surface area contributed by atoms with Crippen LogP contribution in [0.15, 0.2) is 115 Å². The molecule has 0 saturated carbocycles. The maximum atomic E-state index is 2.89. The van der Waals surface area contributed by atoms with Gasteiger partial charge >= 0.3 is 0 Å². The maximum Gasteiger partial charge on any atom is 0.0620 e. The Morgan fingerprint density at radius 1 is 0.190 bits per heavy atom. The molecule has 0 aromatic heterocycles. The molecule has 0 fully saturated rings. The number of fused-ring (bicyclic) bond motifs is 2. The first-order chi connectivity index (χ1) is 47.8. The molecule has 550 valence electrons. The third kappa shape index (κ3) is 14.4. The van der Waals surface area contributed by atoms with Gasteiger partial charge in [0.1, 0.15) is 0 Å². The minimum absolute atomic E-state index is 0.00825. The minimum Gasteiger partial charge on any atom is -0.309 e. The topological polar surface area (TPSA) is 6.48 Å². The first kappa shape index (κ1) is 82.0. The van der Waals surface area contributed by atoms with Crippen LogP contribution in [-0.4, -0.2) is 0 Å². The molecule has 0 unspecified atom stereocenters. The van der Waals surface area contributed by atoms with E-state index in [0.29, 0.717) is 0 Å². The van der Waals surface area contributed by atoms with Crippen molar-refractivity contribution >= 4 is 55.7 Å². The Bertz CT molecular complexity index is 3370. The number of hydrogen-bond acceptors (Lipinski definition) is 2. The molecule has 7 aromatic carbocycles. The van der Waals surface area contributed by atoms with Crippen molar-refractivity contribution in [2.24, 2.45) is 0 Å². The van der Waals surface area contributed by atoms with E-state index in [9.17, 15) is 0 Å². The zero-order valence-corrected chi connectivity index (χ0v) is 69.8. The monoisotopic (exact) mass is 1350 g/mol. The molecular formula is C98H148N2. The van der Waals surface area contributed by atoms with E-state index in [-0.39, 0.29) is 48.7 Å². The highest BCUT2D eigenvalue weighted by molar-refractivity contribution is 6.23. The molecule has 0 aliphatic carbocycles. The van der Waals surface area contributed by atoms with Gasteiger partial charge in [-0.2, -0.15) is 0 Å². The van der Waals surface area contributed by atoms with Crippen LogP contribution < -0.4 is 9.80 Å². The van der Waals surface area contributed by atoms with Crippen molar-refractivity contribution in [1.29, 1.82) is 0 Å². The Morgan fingerprint density at radius 2 is 0.360 bits per heavy atom. The number of rotatable bonds is 38. The summed E-state index contributed by atoms with van der Waals surface area (Å²) in [5, 5.41) is 5.18. The van der Waals surface area contributed by atoms with Crippen molar-refractivity contribution < 1.29 is 0 Å². The molecule has 0 heterocycles. The van der Waals surface area contributed by atoms with Crippen molar-refractivity contribution in [2.75, 3.05) is 9.80 Å². The van der Waals surface area contributed by atoms with Crippen LogP contribution in [0, 0.1) is 0 Å². The third-order valence-corrected chi connectivity index (χ3v) is 30.1. The van der Waals surface area contributed by atoms with E-state index in [1.807, 2.05) is 0 Å². The van der Waals surface area contributed by atoms with Crippen LogP contribution in [0.4, 0.5) is 34.1 Å². The SMILES string of the molecule is CCC(CC)(CC)c1cc(N(c2cc(C(CC)(CC)CC)cc(C(CC)(CC)CC)c2)c2c3ccccc3c(N(c3cc(C(CC)(CC)CC)cc(C(CC)(CC)CC)c3)c3cc(C(CC)(CC)CC)cc(C(CC)(CC)CC)c3)c3cc(C(C)(C)C)ccc23)cc(C(CC)(CC)CC)c1. The molecule has 0 amide bonds. The van der Waals surface area contributed by atoms with E-state index in [1.165, 1.54) is 106 Å². The molecule has 7 aromatic rings. The molecule has 2 nitrogen and oxygen atoms in total. The lowest BCUT2D eigenvalue weighted by atomic mass is 9.68. The minimum atomic E-state index is -0.145. The fourth-order valence-corrected chi connectivity index (χ4v) is 20.2. The van der Waals surface area contributed by atoms with E-state index < -0.39 is 0 Å². The molecule has 0 bridgehead atoms. The second kappa shape index (κ2) is 33.6. The van der Waals surface area contributed by atoms with Crippen LogP contribution >= 0.6 is 0 Å². The van der Waals surface area contributed by atoms with E-state index in [0.717, 1.165) is 154 Å². The van der Waals surface area contributed by atoms with Crippen LogP contribution in [0.3, 0.4) is 0 Å². The summed E-state index contributed by atoms with van der Waals surface area (Å²) in [6.45, 7) is 66.5. The van der Waals surface area contributed by atoms with Gasteiger partial charge in [0.15, 0.2) is 0 Å². The summed E-state index contributed by atoms with van der Waals surface area (Å²) in [6.07, 6.45) is 26.2. The van der Waals surface area contributed by atoms with Crippen LogP contribution in [0.5, 0.6) is 0 Å². The smallest absolute Gasteiger partial charge is 0.0620 e. The van der Waals surface area contributed by atoms with Gasteiger partial charge in [0.25, 0.3) is 0 Å². The second-order valence-electron chi connectivity index (χ2n) is 32.7. The molecule has 0 saturated heterocycles. The van der Waals surface area contributed by atoms with E-state index in [1.54, 1.807) is 0 Å². The fraction of sp³-hybridized carbons (Fsp3) is 0.612. The van der Waals surface area contributed by atoms with Crippen molar-refractivity contribution in [3.8, 4) is 0 Å². The maximum absolute atomic E-state index is 2.89. The van der Waals surface area contributed by atoms with E-state index >= 15 is 0 Å². The van der Waals surface area contributed by atoms with Gasteiger partial charge in [-0.1, -0.05) is 248 Å². The van der Waals surface area contributed by atoms with Crippen LogP contribution in [0.2, 0.25) is 0 Å². The largest absolute Gasteiger partial charge is 0.309 e. The Labute approximate surface area is 616 Å². The Kier molecular flexibility index (Phi) is 27.6. The number of benzene rings is 7. The predicted molar refractivity (Wildman–Crippen MR) is 450 cm³/mol. The van der Waals surface area contributed by atoms with Gasteiger partial charge in [-0.3, -0.25) is 0 Å². The molecule has 0 radical (unpaired) electrons. The first-order valence-electron chi connectivity index (χ1n) is 42.0. The van der Waals surface area contributed by atoms with Crippen LogP contribution in [0.1, 0.15) is 391 Å². The molecule has 2 heteroatoms. The first-order valence-corrected chi connectivity index (χ1v) is 42.0. The lowest BCUT2D eigenvalue weighted by Crippen LogP contribution is -2.29. The van der Waals surface area contributed by atoms with Gasteiger partial charge in [0.2, 0.25) is 0 Å². The fourth-order valence-electron chi connectivity index (χ4n) is 20.2. The zero-order valence-electron chi connectivity index (χ0n) is 69.8. The predicted octanol–water partition coefficient (Wildman–Crippen LogP) is 32.0. The van der Waals surface area contributed by atoms with Gasteiger partial charge in [-0.05, 0) is 308 Å². The molecule has 0 spiro atoms. The summed E-state index contributed by atoms with van der Waals surface area (Å²) < 4.78 is 0. The lowest BCUT2D eigenvalue weighted by Gasteiger charge is -2.41. The Hall–Kier alpha value is -5.34. The molecule has 0 aliphatic heterocycles. The Morgan fingerprint density at radius 3 is 0.530 bits per heavy atom. The highest BCUT2D eigenvalue weighted by Crippen LogP contribution is 2.57. The van der Waals surface area contributed by atoms with Crippen molar-refractivity contribution in [2.45, 2.75) is 390 Å². The van der Waals surface area contributed by atoms with Crippen LogP contribution in [-0.2, 0) is 48.7 Å². The van der Waals surface area contributed by atoms with Gasteiger partial charge in [0, 0.05) is 44.3 Å². The summed E-state index contributed by atoms with van der Waals surface area (Å²) in [5.74, 6) is 0. The van der Waals surface area contributed by atoms with Gasteiger partial charge in [0.05, 0.1) is 11.4 Å². The molecule has 0 N–H and O–H groups in total. The highest BCUT2D eigenvalue weighted by atomic mass is 15.2. The summed E-state index contributed by atoms with van der Waals surface area (Å²) in [4.78, 5) is 5.78. The number of anilines is 6. The highest BCUT2D eigenvalue weighted by Gasteiger charge is 2.41. The molecular weight excluding hydrogens is 1210 g/mol. The zero-order chi connectivity index (χ0) is 74.0. The number of hydrogen-bond donors (Lipinski definition) is 0. The van der Waals surface area contributed by atoms with E-state index in [2.05, 4.69) is 312 Å². The Balaban J connectivity index is 1.97. The molecule has 0 atom stereocenters. The second-order valence-corrected chi connectivity index (χ2v) is 32.7. The lowest BCUT2D eigenvalue weighted by molar-refractivity contribution is 0.368. The number of nitrogens with zero attached hydrogens (tertiary/aromatic N) is 2. The summed E-state index contributed by atoms with van der Waals surface area (Å²) in [5.41, 5.74) is 21.0. The molecule has 0 aliphatic rings. The quantitative estimate of drug-likeness (QED) is 0.0281. The van der Waals surface area contributed by atoms with Crippen LogP contribution in [0.25, 0.3) is 21.5 Å². The van der Waals surface area contributed by atoms with Gasteiger partial charge in [-0.15, -0.1) is 0 Å². The standard InChI is InChI=1S/C98H148N2/c1-28-91(29-2,30-3)72-58-73(92(31-4,32-5)33-6)63-80(62-72)99(81-64-74(93(34-7,35-8)36-9)59-75(65-81)94(37-10,38-11)39-12)88-84-54-52-53-55-85(84)89(87-70-71(90(25,26)27)56-57-86(87)88)100(82-66-76(95(40-13,41-14)42-15)60-77(67-82)96(43-16,44-17)45-18)83-68-78(97(46-19,47-20)48-21)61-79(69-83)98(49-22,50-23)51-24/h52-70H,28-51H2,1-27H3.